The SMILES string of the molecule is COc1cc(C)c(N[C@@H](C)C(=O)Nc2ccccc2C#N)cc1OC. The summed E-state index contributed by atoms with van der Waals surface area (Å²) in [5.74, 6) is 0.973. The number of nitrogens with zero attached hydrogens (tertiary/aromatic N) is 1. The number of nitriles is 1. The molecule has 2 rings (SSSR count). The minimum atomic E-state index is -0.511. The average molecular weight is 339 g/mol. The van der Waals surface area contributed by atoms with Gasteiger partial charge in [-0.05, 0) is 37.6 Å². The summed E-state index contributed by atoms with van der Waals surface area (Å²) < 4.78 is 10.6. The highest BCUT2D eigenvalue weighted by molar-refractivity contribution is 5.97. The predicted octanol–water partition coefficient (Wildman–Crippen LogP) is 3.32. The van der Waals surface area contributed by atoms with Gasteiger partial charge in [-0.25, -0.2) is 0 Å². The first-order valence-electron chi connectivity index (χ1n) is 7.79. The van der Waals surface area contributed by atoms with E-state index in [4.69, 9.17) is 14.7 Å². The molecule has 2 N–H and O–H groups in total. The maximum absolute atomic E-state index is 12.4. The molecule has 0 saturated carbocycles. The van der Waals surface area contributed by atoms with E-state index in [1.54, 1.807) is 51.5 Å². The van der Waals surface area contributed by atoms with Crippen molar-refractivity contribution in [2.75, 3.05) is 24.9 Å². The van der Waals surface area contributed by atoms with Crippen molar-refractivity contribution in [2.45, 2.75) is 19.9 Å². The van der Waals surface area contributed by atoms with Crippen molar-refractivity contribution in [1.82, 2.24) is 0 Å². The van der Waals surface area contributed by atoms with E-state index in [-0.39, 0.29) is 5.91 Å². The van der Waals surface area contributed by atoms with E-state index in [9.17, 15) is 4.79 Å². The number of hydrogen-bond donors (Lipinski definition) is 2. The molecule has 0 spiro atoms. The van der Waals surface area contributed by atoms with Gasteiger partial charge in [-0.1, -0.05) is 12.1 Å². The van der Waals surface area contributed by atoms with Crippen LogP contribution in [0, 0.1) is 18.3 Å². The molecule has 1 atom stereocenters. The number of benzene rings is 2. The Labute approximate surface area is 147 Å². The lowest BCUT2D eigenvalue weighted by Gasteiger charge is -2.19. The van der Waals surface area contributed by atoms with Crippen molar-refractivity contribution in [3.05, 3.63) is 47.5 Å². The van der Waals surface area contributed by atoms with Gasteiger partial charge in [0.1, 0.15) is 12.1 Å². The third-order valence-electron chi connectivity index (χ3n) is 3.80. The first kappa shape index (κ1) is 18.1. The molecule has 0 aliphatic heterocycles. The van der Waals surface area contributed by atoms with E-state index in [2.05, 4.69) is 16.7 Å². The van der Waals surface area contributed by atoms with Crippen molar-refractivity contribution in [2.24, 2.45) is 0 Å². The highest BCUT2D eigenvalue weighted by atomic mass is 16.5. The number of aryl methyl sites for hydroxylation is 1. The fourth-order valence-electron chi connectivity index (χ4n) is 2.37. The fraction of sp³-hybridized carbons (Fsp3) is 0.263. The van der Waals surface area contributed by atoms with E-state index < -0.39 is 6.04 Å². The quantitative estimate of drug-likeness (QED) is 0.843. The molecule has 0 aliphatic carbocycles. The minimum absolute atomic E-state index is 0.239. The van der Waals surface area contributed by atoms with Gasteiger partial charge in [0.15, 0.2) is 11.5 Å². The zero-order valence-corrected chi connectivity index (χ0v) is 14.7. The van der Waals surface area contributed by atoms with Crippen LogP contribution in [0.4, 0.5) is 11.4 Å². The molecule has 25 heavy (non-hydrogen) atoms. The number of carbonyl (C=O) groups excluding carboxylic acids is 1. The third-order valence-corrected chi connectivity index (χ3v) is 3.80. The molecular weight excluding hydrogens is 318 g/mol. The first-order chi connectivity index (χ1) is 12.0. The molecule has 0 heterocycles. The summed E-state index contributed by atoms with van der Waals surface area (Å²) >= 11 is 0. The molecule has 0 saturated heterocycles. The van der Waals surface area contributed by atoms with Crippen molar-refractivity contribution in [1.29, 1.82) is 5.26 Å². The van der Waals surface area contributed by atoms with Crippen molar-refractivity contribution >= 4 is 17.3 Å². The zero-order chi connectivity index (χ0) is 18.4. The number of nitrogens with one attached hydrogen (secondary N) is 2. The number of anilines is 2. The van der Waals surface area contributed by atoms with Crippen molar-refractivity contribution < 1.29 is 14.3 Å². The third kappa shape index (κ3) is 4.21. The molecule has 2 aromatic carbocycles. The molecule has 0 radical (unpaired) electrons. The van der Waals surface area contributed by atoms with Gasteiger partial charge in [0.05, 0.1) is 25.5 Å². The summed E-state index contributed by atoms with van der Waals surface area (Å²) in [5, 5.41) is 15.0. The molecule has 0 unspecified atom stereocenters. The number of para-hydroxylation sites is 1. The summed E-state index contributed by atoms with van der Waals surface area (Å²) in [6.45, 7) is 3.67. The smallest absolute Gasteiger partial charge is 0.246 e. The highest BCUT2D eigenvalue weighted by Gasteiger charge is 2.17. The van der Waals surface area contributed by atoms with E-state index in [1.165, 1.54) is 0 Å². The van der Waals surface area contributed by atoms with Crippen molar-refractivity contribution in [3.63, 3.8) is 0 Å². The molecule has 0 fully saturated rings. The summed E-state index contributed by atoms with van der Waals surface area (Å²) in [4.78, 5) is 12.4. The molecule has 2 aromatic rings. The fourth-order valence-corrected chi connectivity index (χ4v) is 2.37. The van der Waals surface area contributed by atoms with Gasteiger partial charge < -0.3 is 20.1 Å². The Hall–Kier alpha value is -3.20. The van der Waals surface area contributed by atoms with Gasteiger partial charge in [-0.15, -0.1) is 0 Å². The average Bonchev–Trinajstić information content (AvgIpc) is 2.63. The lowest BCUT2D eigenvalue weighted by Crippen LogP contribution is -2.32. The molecule has 0 aliphatic rings. The van der Waals surface area contributed by atoms with Crippen LogP contribution in [0.1, 0.15) is 18.1 Å². The second-order valence-electron chi connectivity index (χ2n) is 5.53. The number of amides is 1. The summed E-state index contributed by atoms with van der Waals surface area (Å²) in [5.41, 5.74) is 2.61. The van der Waals surface area contributed by atoms with E-state index in [0.29, 0.717) is 22.7 Å². The number of carbonyl (C=O) groups is 1. The van der Waals surface area contributed by atoms with E-state index in [1.807, 2.05) is 13.0 Å². The van der Waals surface area contributed by atoms with Crippen LogP contribution in [-0.2, 0) is 4.79 Å². The number of ether oxygens (including phenoxy) is 2. The van der Waals surface area contributed by atoms with Gasteiger partial charge in [0, 0.05) is 11.8 Å². The minimum Gasteiger partial charge on any atom is -0.493 e. The van der Waals surface area contributed by atoms with Crippen LogP contribution in [0.25, 0.3) is 0 Å². The molecule has 6 nitrogen and oxygen atoms in total. The zero-order valence-electron chi connectivity index (χ0n) is 14.7. The van der Waals surface area contributed by atoms with Crippen LogP contribution in [0.5, 0.6) is 11.5 Å². The van der Waals surface area contributed by atoms with Gasteiger partial charge in [0.25, 0.3) is 0 Å². The van der Waals surface area contributed by atoms with Crippen LogP contribution in [-0.4, -0.2) is 26.2 Å². The summed E-state index contributed by atoms with van der Waals surface area (Å²) in [6.07, 6.45) is 0. The largest absolute Gasteiger partial charge is 0.493 e. The van der Waals surface area contributed by atoms with Crippen LogP contribution in [0.2, 0.25) is 0 Å². The van der Waals surface area contributed by atoms with Crippen LogP contribution < -0.4 is 20.1 Å². The Morgan fingerprint density at radius 1 is 1.12 bits per heavy atom. The van der Waals surface area contributed by atoms with Crippen LogP contribution in [0.3, 0.4) is 0 Å². The van der Waals surface area contributed by atoms with Gasteiger partial charge in [-0.2, -0.15) is 5.26 Å². The molecular formula is C19H21N3O3. The lowest BCUT2D eigenvalue weighted by molar-refractivity contribution is -0.116. The van der Waals surface area contributed by atoms with Crippen molar-refractivity contribution in [3.8, 4) is 17.6 Å². The summed E-state index contributed by atoms with van der Waals surface area (Å²) in [7, 11) is 3.14. The predicted molar refractivity (Wildman–Crippen MR) is 97.2 cm³/mol. The maximum atomic E-state index is 12.4. The topological polar surface area (TPSA) is 83.4 Å². The Balaban J connectivity index is 2.15. The number of rotatable bonds is 6. The van der Waals surface area contributed by atoms with Crippen LogP contribution in [0.15, 0.2) is 36.4 Å². The second kappa shape index (κ2) is 8.06. The van der Waals surface area contributed by atoms with E-state index >= 15 is 0 Å². The Morgan fingerprint density at radius 3 is 2.40 bits per heavy atom. The van der Waals surface area contributed by atoms with E-state index in [0.717, 1.165) is 11.3 Å². The van der Waals surface area contributed by atoms with Gasteiger partial charge >= 0.3 is 0 Å². The maximum Gasteiger partial charge on any atom is 0.246 e. The standard InChI is InChI=1S/C19H21N3O3/c1-12-9-17(24-3)18(25-4)10-16(12)21-13(2)19(23)22-15-8-6-5-7-14(15)11-20/h5-10,13,21H,1-4H3,(H,22,23)/t13-/m0/s1. The van der Waals surface area contributed by atoms with Gasteiger partial charge in [0.2, 0.25) is 5.91 Å². The van der Waals surface area contributed by atoms with Gasteiger partial charge in [-0.3, -0.25) is 4.79 Å². The first-order valence-corrected chi connectivity index (χ1v) is 7.79. The molecule has 130 valence electrons. The molecule has 0 bridgehead atoms. The molecule has 6 heteroatoms. The molecule has 1 amide bonds. The highest BCUT2D eigenvalue weighted by Crippen LogP contribution is 2.33. The number of methoxy groups -OCH3 is 2. The molecule has 0 aromatic heterocycles. The summed E-state index contributed by atoms with van der Waals surface area (Å²) in [6, 6.07) is 12.1. The lowest BCUT2D eigenvalue weighted by atomic mass is 10.1. The monoisotopic (exact) mass is 339 g/mol. The Kier molecular flexibility index (Phi) is 5.85. The Morgan fingerprint density at radius 2 is 1.76 bits per heavy atom. The number of hydrogen-bond acceptors (Lipinski definition) is 5. The van der Waals surface area contributed by atoms with Crippen LogP contribution >= 0.6 is 0 Å². The second-order valence-corrected chi connectivity index (χ2v) is 5.53. The Bertz CT molecular complexity index is 812. The normalized spacial score (nSPS) is 11.2.